The molecule has 0 amide bonds. The zero-order valence-electron chi connectivity index (χ0n) is 15.2. The standard InChI is InChI=1S/C18H21N5O2S/c1-12-8-13(2)15(4)18(14(12)3)26(24,25)20-9-16-11-23(22-21-16)17-6-5-7-19-10-17/h5-8,10-11,20H,9H2,1-4H3. The third-order valence-corrected chi connectivity index (χ3v) is 6.13. The van der Waals surface area contributed by atoms with Gasteiger partial charge in [-0.25, -0.2) is 17.8 Å². The highest BCUT2D eigenvalue weighted by Gasteiger charge is 2.22. The molecule has 26 heavy (non-hydrogen) atoms. The Morgan fingerprint density at radius 1 is 1.12 bits per heavy atom. The van der Waals surface area contributed by atoms with Crippen LogP contribution in [-0.2, 0) is 16.6 Å². The number of pyridine rings is 1. The van der Waals surface area contributed by atoms with E-state index in [1.807, 2.05) is 39.8 Å². The second kappa shape index (κ2) is 6.97. The van der Waals surface area contributed by atoms with E-state index in [0.717, 1.165) is 27.9 Å². The van der Waals surface area contributed by atoms with Crippen molar-refractivity contribution in [2.45, 2.75) is 39.1 Å². The van der Waals surface area contributed by atoms with Crippen LogP contribution in [0.15, 0.2) is 41.7 Å². The van der Waals surface area contributed by atoms with Crippen LogP contribution in [0.4, 0.5) is 0 Å². The number of aryl methyl sites for hydroxylation is 2. The molecule has 1 aromatic carbocycles. The van der Waals surface area contributed by atoms with Crippen LogP contribution < -0.4 is 4.72 Å². The van der Waals surface area contributed by atoms with Gasteiger partial charge in [0.15, 0.2) is 0 Å². The van der Waals surface area contributed by atoms with Crippen molar-refractivity contribution in [1.29, 1.82) is 0 Å². The van der Waals surface area contributed by atoms with Crippen LogP contribution in [0.1, 0.15) is 27.9 Å². The summed E-state index contributed by atoms with van der Waals surface area (Å²) in [6, 6.07) is 5.64. The lowest BCUT2D eigenvalue weighted by atomic mass is 10.0. The molecule has 136 valence electrons. The minimum atomic E-state index is -3.66. The van der Waals surface area contributed by atoms with Crippen molar-refractivity contribution in [1.82, 2.24) is 24.7 Å². The first-order chi connectivity index (χ1) is 12.3. The van der Waals surface area contributed by atoms with E-state index in [-0.39, 0.29) is 6.54 Å². The Bertz CT molecular complexity index is 1020. The van der Waals surface area contributed by atoms with Gasteiger partial charge >= 0.3 is 0 Å². The highest BCUT2D eigenvalue weighted by molar-refractivity contribution is 7.89. The van der Waals surface area contributed by atoms with Gasteiger partial charge in [-0.1, -0.05) is 11.3 Å². The zero-order chi connectivity index (χ0) is 18.9. The van der Waals surface area contributed by atoms with Crippen LogP contribution >= 0.6 is 0 Å². The molecule has 0 aliphatic carbocycles. The number of nitrogens with one attached hydrogen (secondary N) is 1. The van der Waals surface area contributed by atoms with E-state index in [2.05, 4.69) is 20.0 Å². The van der Waals surface area contributed by atoms with Gasteiger partial charge in [0, 0.05) is 6.20 Å². The quantitative estimate of drug-likeness (QED) is 0.744. The third kappa shape index (κ3) is 3.51. The Morgan fingerprint density at radius 3 is 2.42 bits per heavy atom. The lowest BCUT2D eigenvalue weighted by Gasteiger charge is -2.15. The highest BCUT2D eigenvalue weighted by atomic mass is 32.2. The summed E-state index contributed by atoms with van der Waals surface area (Å²) in [6.07, 6.45) is 5.01. The topological polar surface area (TPSA) is 89.8 Å². The highest BCUT2D eigenvalue weighted by Crippen LogP contribution is 2.26. The average Bonchev–Trinajstić information content (AvgIpc) is 3.08. The SMILES string of the molecule is Cc1cc(C)c(C)c(S(=O)(=O)NCc2cn(-c3cccnc3)nn2)c1C. The number of sulfonamides is 1. The Labute approximate surface area is 153 Å². The van der Waals surface area contributed by atoms with E-state index in [1.54, 1.807) is 29.3 Å². The molecule has 0 radical (unpaired) electrons. The Balaban J connectivity index is 1.83. The molecule has 3 aromatic rings. The molecule has 0 aliphatic rings. The van der Waals surface area contributed by atoms with Gasteiger partial charge < -0.3 is 0 Å². The van der Waals surface area contributed by atoms with E-state index in [4.69, 9.17) is 0 Å². The van der Waals surface area contributed by atoms with E-state index >= 15 is 0 Å². The predicted octanol–water partition coefficient (Wildman–Crippen LogP) is 2.37. The van der Waals surface area contributed by atoms with Crippen molar-refractivity contribution in [2.75, 3.05) is 0 Å². The van der Waals surface area contributed by atoms with Crippen molar-refractivity contribution >= 4 is 10.0 Å². The summed E-state index contributed by atoms with van der Waals surface area (Å²) in [5.74, 6) is 0. The molecule has 0 atom stereocenters. The molecule has 0 saturated heterocycles. The van der Waals surface area contributed by atoms with Crippen molar-refractivity contribution in [3.05, 3.63) is 64.7 Å². The molecule has 0 bridgehead atoms. The number of benzene rings is 1. The molecular weight excluding hydrogens is 350 g/mol. The minimum absolute atomic E-state index is 0.0640. The van der Waals surface area contributed by atoms with Crippen molar-refractivity contribution in [3.8, 4) is 5.69 Å². The van der Waals surface area contributed by atoms with E-state index < -0.39 is 10.0 Å². The van der Waals surface area contributed by atoms with Crippen LogP contribution in [0.25, 0.3) is 5.69 Å². The van der Waals surface area contributed by atoms with Crippen molar-refractivity contribution in [2.24, 2.45) is 0 Å². The summed E-state index contributed by atoms with van der Waals surface area (Å²) < 4.78 is 29.9. The molecule has 7 nitrogen and oxygen atoms in total. The van der Waals surface area contributed by atoms with E-state index in [1.165, 1.54) is 0 Å². The van der Waals surface area contributed by atoms with E-state index in [0.29, 0.717) is 10.6 Å². The smallest absolute Gasteiger partial charge is 0.241 e. The lowest BCUT2D eigenvalue weighted by molar-refractivity contribution is 0.578. The molecule has 8 heteroatoms. The number of rotatable bonds is 5. The van der Waals surface area contributed by atoms with Crippen LogP contribution in [-0.4, -0.2) is 28.4 Å². The van der Waals surface area contributed by atoms with Gasteiger partial charge in [-0.3, -0.25) is 4.98 Å². The molecule has 0 spiro atoms. The summed E-state index contributed by atoms with van der Waals surface area (Å²) in [5, 5.41) is 8.04. The normalized spacial score (nSPS) is 11.7. The van der Waals surface area contributed by atoms with Gasteiger partial charge in [0.1, 0.15) is 0 Å². The number of nitrogens with zero attached hydrogens (tertiary/aromatic N) is 4. The molecule has 1 N–H and O–H groups in total. The molecule has 0 saturated carbocycles. The summed E-state index contributed by atoms with van der Waals surface area (Å²) in [6.45, 7) is 7.55. The Hall–Kier alpha value is -2.58. The molecule has 0 fully saturated rings. The Kier molecular flexibility index (Phi) is 4.88. The lowest BCUT2D eigenvalue weighted by Crippen LogP contribution is -2.25. The van der Waals surface area contributed by atoms with Crippen LogP contribution in [0.2, 0.25) is 0 Å². The molecule has 0 aliphatic heterocycles. The maximum Gasteiger partial charge on any atom is 0.241 e. The fourth-order valence-corrected chi connectivity index (χ4v) is 4.43. The number of hydrogen-bond donors (Lipinski definition) is 1. The monoisotopic (exact) mass is 371 g/mol. The van der Waals surface area contributed by atoms with Gasteiger partial charge in [-0.2, -0.15) is 0 Å². The second-order valence-electron chi connectivity index (χ2n) is 6.28. The van der Waals surface area contributed by atoms with Crippen LogP contribution in [0.5, 0.6) is 0 Å². The fraction of sp³-hybridized carbons (Fsp3) is 0.278. The van der Waals surface area contributed by atoms with Gasteiger partial charge in [0.05, 0.1) is 35.2 Å². The summed E-state index contributed by atoms with van der Waals surface area (Å²) in [7, 11) is -3.66. The fourth-order valence-electron chi connectivity index (χ4n) is 2.82. The summed E-state index contributed by atoms with van der Waals surface area (Å²) in [4.78, 5) is 4.37. The zero-order valence-corrected chi connectivity index (χ0v) is 16.0. The molecule has 3 rings (SSSR count). The first kappa shape index (κ1) is 18.2. The molecule has 0 unspecified atom stereocenters. The summed E-state index contributed by atoms with van der Waals surface area (Å²) >= 11 is 0. The van der Waals surface area contributed by atoms with Crippen molar-refractivity contribution in [3.63, 3.8) is 0 Å². The number of aromatic nitrogens is 4. The summed E-state index contributed by atoms with van der Waals surface area (Å²) in [5.41, 5.74) is 4.72. The largest absolute Gasteiger partial charge is 0.262 e. The first-order valence-electron chi connectivity index (χ1n) is 8.18. The molecule has 2 heterocycles. The second-order valence-corrected chi connectivity index (χ2v) is 7.98. The van der Waals surface area contributed by atoms with Crippen LogP contribution in [0.3, 0.4) is 0 Å². The third-order valence-electron chi connectivity index (χ3n) is 4.46. The average molecular weight is 371 g/mol. The molecule has 2 aromatic heterocycles. The van der Waals surface area contributed by atoms with Gasteiger partial charge in [-0.15, -0.1) is 5.10 Å². The van der Waals surface area contributed by atoms with E-state index in [9.17, 15) is 8.42 Å². The van der Waals surface area contributed by atoms with Gasteiger partial charge in [0.25, 0.3) is 0 Å². The first-order valence-corrected chi connectivity index (χ1v) is 9.66. The maximum absolute atomic E-state index is 12.9. The maximum atomic E-state index is 12.9. The van der Waals surface area contributed by atoms with Crippen LogP contribution in [0, 0.1) is 27.7 Å². The molecular formula is C18H21N5O2S. The van der Waals surface area contributed by atoms with Gasteiger partial charge in [0.2, 0.25) is 10.0 Å². The van der Waals surface area contributed by atoms with Gasteiger partial charge in [-0.05, 0) is 62.1 Å². The Morgan fingerprint density at radius 2 is 1.81 bits per heavy atom. The van der Waals surface area contributed by atoms with Crippen molar-refractivity contribution < 1.29 is 8.42 Å². The minimum Gasteiger partial charge on any atom is -0.262 e. The number of hydrogen-bond acceptors (Lipinski definition) is 5. The predicted molar refractivity (Wildman–Crippen MR) is 98.6 cm³/mol.